The highest BCUT2D eigenvalue weighted by atomic mass is 16.4. The van der Waals surface area contributed by atoms with E-state index in [2.05, 4.69) is 12.2 Å². The number of amides is 2. The monoisotopic (exact) mass is 254 g/mol. The molecule has 1 saturated carbocycles. The van der Waals surface area contributed by atoms with Gasteiger partial charge >= 0.3 is 12.0 Å². The predicted octanol–water partition coefficient (Wildman–Crippen LogP) is 1.82. The number of urea groups is 1. The van der Waals surface area contributed by atoms with E-state index >= 15 is 0 Å². The Morgan fingerprint density at radius 1 is 1.17 bits per heavy atom. The fraction of sp³-hybridized carbons (Fsp3) is 0.846. The molecule has 102 valence electrons. The van der Waals surface area contributed by atoms with Gasteiger partial charge in [0.25, 0.3) is 0 Å². The van der Waals surface area contributed by atoms with Gasteiger partial charge in [-0.15, -0.1) is 0 Å². The summed E-state index contributed by atoms with van der Waals surface area (Å²) in [5.74, 6) is -0.920. The minimum atomic E-state index is -0.701. The molecule has 5 nitrogen and oxygen atoms in total. The lowest BCUT2D eigenvalue weighted by Gasteiger charge is -2.30. The Kier molecular flexibility index (Phi) is 4.09. The summed E-state index contributed by atoms with van der Waals surface area (Å²) in [5.41, 5.74) is 0. The number of aliphatic carboxylic acids is 1. The summed E-state index contributed by atoms with van der Waals surface area (Å²) in [7, 11) is 0. The van der Waals surface area contributed by atoms with Crippen molar-refractivity contribution in [3.63, 3.8) is 0 Å². The summed E-state index contributed by atoms with van der Waals surface area (Å²) < 4.78 is 0. The van der Waals surface area contributed by atoms with Gasteiger partial charge in [0.1, 0.15) is 0 Å². The third-order valence-corrected chi connectivity index (χ3v) is 4.22. The van der Waals surface area contributed by atoms with Crippen LogP contribution in [0.1, 0.15) is 45.4 Å². The highest BCUT2D eigenvalue weighted by Gasteiger charge is 2.30. The lowest BCUT2D eigenvalue weighted by molar-refractivity contribution is -0.142. The molecule has 0 aromatic rings. The second kappa shape index (κ2) is 5.59. The van der Waals surface area contributed by atoms with Crippen molar-refractivity contribution >= 4 is 12.0 Å². The van der Waals surface area contributed by atoms with Crippen LogP contribution < -0.4 is 5.32 Å². The lowest BCUT2D eigenvalue weighted by atomic mass is 9.86. The van der Waals surface area contributed by atoms with Crippen LogP contribution in [-0.2, 0) is 4.79 Å². The lowest BCUT2D eigenvalue weighted by Crippen LogP contribution is -2.47. The number of nitrogens with one attached hydrogen (secondary N) is 1. The summed E-state index contributed by atoms with van der Waals surface area (Å²) in [5, 5.41) is 12.0. The molecule has 2 aliphatic rings. The molecule has 0 spiro atoms. The van der Waals surface area contributed by atoms with Gasteiger partial charge in [0.05, 0.1) is 5.92 Å². The molecule has 18 heavy (non-hydrogen) atoms. The molecule has 1 heterocycles. The Morgan fingerprint density at radius 2 is 1.83 bits per heavy atom. The van der Waals surface area contributed by atoms with Crippen LogP contribution in [0.3, 0.4) is 0 Å². The first-order chi connectivity index (χ1) is 8.58. The van der Waals surface area contributed by atoms with Crippen LogP contribution in [0.15, 0.2) is 0 Å². The van der Waals surface area contributed by atoms with Crippen LogP contribution in [0.2, 0.25) is 0 Å². The summed E-state index contributed by atoms with van der Waals surface area (Å²) >= 11 is 0. The van der Waals surface area contributed by atoms with E-state index in [0.717, 1.165) is 32.2 Å². The third kappa shape index (κ3) is 2.94. The molecular weight excluding hydrogens is 232 g/mol. The van der Waals surface area contributed by atoms with Crippen molar-refractivity contribution < 1.29 is 14.7 Å². The van der Waals surface area contributed by atoms with E-state index < -0.39 is 5.97 Å². The normalized spacial score (nSPS) is 32.3. The molecule has 1 saturated heterocycles. The molecule has 2 amide bonds. The highest BCUT2D eigenvalue weighted by Crippen LogP contribution is 2.25. The molecule has 2 rings (SSSR count). The molecular formula is C13H22N2O3. The Morgan fingerprint density at radius 3 is 2.33 bits per heavy atom. The van der Waals surface area contributed by atoms with Crippen molar-refractivity contribution in [1.82, 2.24) is 10.2 Å². The fourth-order valence-corrected chi connectivity index (χ4v) is 2.98. The van der Waals surface area contributed by atoms with Crippen LogP contribution in [0.25, 0.3) is 0 Å². The van der Waals surface area contributed by atoms with Crippen molar-refractivity contribution in [2.45, 2.75) is 57.5 Å². The summed E-state index contributed by atoms with van der Waals surface area (Å²) in [4.78, 5) is 24.8. The van der Waals surface area contributed by atoms with Gasteiger partial charge in [-0.25, -0.2) is 4.79 Å². The highest BCUT2D eigenvalue weighted by molar-refractivity contribution is 5.75. The molecule has 2 N–H and O–H groups in total. The van der Waals surface area contributed by atoms with Crippen molar-refractivity contribution in [2.24, 2.45) is 5.92 Å². The van der Waals surface area contributed by atoms with Crippen molar-refractivity contribution in [1.29, 1.82) is 0 Å². The predicted molar refractivity (Wildman–Crippen MR) is 67.3 cm³/mol. The van der Waals surface area contributed by atoms with Gasteiger partial charge in [-0.1, -0.05) is 0 Å². The number of rotatable bonds is 2. The van der Waals surface area contributed by atoms with E-state index in [0.29, 0.717) is 18.9 Å². The third-order valence-electron chi connectivity index (χ3n) is 4.22. The Labute approximate surface area is 108 Å². The minimum absolute atomic E-state index is 0.0266. The molecule has 1 aliphatic carbocycles. The number of carboxylic acids is 1. The average molecular weight is 254 g/mol. The van der Waals surface area contributed by atoms with Crippen molar-refractivity contribution in [3.05, 3.63) is 0 Å². The zero-order valence-electron chi connectivity index (χ0n) is 10.9. The second-order valence-electron chi connectivity index (χ2n) is 5.52. The maximum absolute atomic E-state index is 12.0. The topological polar surface area (TPSA) is 69.6 Å². The number of carbonyl (C=O) groups is 2. The van der Waals surface area contributed by atoms with E-state index in [1.54, 1.807) is 0 Å². The Hall–Kier alpha value is -1.26. The smallest absolute Gasteiger partial charge is 0.317 e. The first-order valence-electron chi connectivity index (χ1n) is 6.88. The molecule has 0 aromatic heterocycles. The molecule has 1 unspecified atom stereocenters. The van der Waals surface area contributed by atoms with Crippen LogP contribution in [-0.4, -0.2) is 40.6 Å². The Bertz CT molecular complexity index is 324. The Balaban J connectivity index is 1.77. The number of hydrogen-bond acceptors (Lipinski definition) is 2. The molecule has 0 bridgehead atoms. The van der Waals surface area contributed by atoms with Gasteiger partial charge in [-0.05, 0) is 45.4 Å². The van der Waals surface area contributed by atoms with Gasteiger partial charge in [-0.2, -0.15) is 0 Å². The van der Waals surface area contributed by atoms with Crippen LogP contribution in [0, 0.1) is 5.92 Å². The number of hydrogen-bond donors (Lipinski definition) is 2. The molecule has 0 radical (unpaired) electrons. The molecule has 0 aromatic carbocycles. The number of nitrogens with zero attached hydrogens (tertiary/aromatic N) is 1. The van der Waals surface area contributed by atoms with Crippen molar-refractivity contribution in [2.75, 3.05) is 6.54 Å². The fourth-order valence-electron chi connectivity index (χ4n) is 2.98. The van der Waals surface area contributed by atoms with E-state index in [1.807, 2.05) is 4.90 Å². The largest absolute Gasteiger partial charge is 0.481 e. The SMILES string of the molecule is CC1CCCN1C(=O)NC1CCC(C(=O)O)CC1. The molecule has 1 atom stereocenters. The maximum atomic E-state index is 12.0. The summed E-state index contributed by atoms with van der Waals surface area (Å²) in [6.07, 6.45) is 5.08. The zero-order chi connectivity index (χ0) is 13.1. The first kappa shape index (κ1) is 13.2. The quantitative estimate of drug-likeness (QED) is 0.789. The van der Waals surface area contributed by atoms with Gasteiger partial charge in [0.2, 0.25) is 0 Å². The van der Waals surface area contributed by atoms with E-state index in [-0.39, 0.29) is 18.0 Å². The van der Waals surface area contributed by atoms with Gasteiger partial charge in [-0.3, -0.25) is 4.79 Å². The number of carboxylic acid groups (broad SMARTS) is 1. The average Bonchev–Trinajstić information content (AvgIpc) is 2.76. The van der Waals surface area contributed by atoms with E-state index in [9.17, 15) is 9.59 Å². The van der Waals surface area contributed by atoms with E-state index in [4.69, 9.17) is 5.11 Å². The first-order valence-corrected chi connectivity index (χ1v) is 6.88. The standard InChI is InChI=1S/C13H22N2O3/c1-9-3-2-8-15(9)13(18)14-11-6-4-10(5-7-11)12(16)17/h9-11H,2-8H2,1H3,(H,14,18)(H,16,17). The van der Waals surface area contributed by atoms with Gasteiger partial charge < -0.3 is 15.3 Å². The second-order valence-corrected chi connectivity index (χ2v) is 5.52. The zero-order valence-corrected chi connectivity index (χ0v) is 10.9. The minimum Gasteiger partial charge on any atom is -0.481 e. The van der Waals surface area contributed by atoms with Crippen LogP contribution >= 0.6 is 0 Å². The molecule has 2 fully saturated rings. The van der Waals surface area contributed by atoms with Gasteiger partial charge in [0.15, 0.2) is 0 Å². The van der Waals surface area contributed by atoms with Gasteiger partial charge in [0, 0.05) is 18.6 Å². The van der Waals surface area contributed by atoms with Crippen molar-refractivity contribution in [3.8, 4) is 0 Å². The van der Waals surface area contributed by atoms with E-state index in [1.165, 1.54) is 0 Å². The van der Waals surface area contributed by atoms with Crippen LogP contribution in [0.5, 0.6) is 0 Å². The summed E-state index contributed by atoms with van der Waals surface area (Å²) in [6, 6.07) is 0.514. The number of carbonyl (C=O) groups excluding carboxylic acids is 1. The van der Waals surface area contributed by atoms with Crippen LogP contribution in [0.4, 0.5) is 4.79 Å². The molecule has 5 heteroatoms. The number of likely N-dealkylation sites (tertiary alicyclic amines) is 1. The molecule has 1 aliphatic heterocycles. The summed E-state index contributed by atoms with van der Waals surface area (Å²) in [6.45, 7) is 2.92. The maximum Gasteiger partial charge on any atom is 0.317 e.